The van der Waals surface area contributed by atoms with Crippen molar-refractivity contribution in [3.8, 4) is 22.8 Å². The van der Waals surface area contributed by atoms with Gasteiger partial charge in [0.25, 0.3) is 5.91 Å². The van der Waals surface area contributed by atoms with Crippen molar-refractivity contribution in [3.63, 3.8) is 0 Å². The van der Waals surface area contributed by atoms with Gasteiger partial charge in [0.2, 0.25) is 0 Å². The van der Waals surface area contributed by atoms with Crippen LogP contribution < -0.4 is 20.2 Å². The van der Waals surface area contributed by atoms with Gasteiger partial charge in [-0.05, 0) is 73.7 Å². The molecule has 178 valence electrons. The first-order chi connectivity index (χ1) is 17.0. The summed E-state index contributed by atoms with van der Waals surface area (Å²) in [6.45, 7) is 1.75. The zero-order valence-corrected chi connectivity index (χ0v) is 19.2. The number of amides is 1. The first-order valence-electron chi connectivity index (χ1n) is 10.9. The second-order valence-electron chi connectivity index (χ2n) is 7.50. The van der Waals surface area contributed by atoms with E-state index in [9.17, 15) is 14.4 Å². The average Bonchev–Trinajstić information content (AvgIpc) is 2.88. The molecule has 0 fully saturated rings. The minimum Gasteiger partial charge on any atom is -0.497 e. The average molecular weight is 473 g/mol. The van der Waals surface area contributed by atoms with E-state index in [1.807, 2.05) is 12.1 Å². The van der Waals surface area contributed by atoms with Crippen LogP contribution in [0.5, 0.6) is 11.5 Å². The Morgan fingerprint density at radius 3 is 2.31 bits per heavy atom. The summed E-state index contributed by atoms with van der Waals surface area (Å²) in [5.74, 6) is 0.680. The predicted octanol–water partition coefficient (Wildman–Crippen LogP) is 4.66. The molecule has 8 nitrogen and oxygen atoms in total. The minimum atomic E-state index is -0.425. The molecule has 0 aliphatic rings. The van der Waals surface area contributed by atoms with E-state index in [1.165, 1.54) is 6.07 Å². The van der Waals surface area contributed by atoms with Gasteiger partial charge in [-0.1, -0.05) is 0 Å². The Labute approximate surface area is 201 Å². The Balaban J connectivity index is 1.41. The second-order valence-corrected chi connectivity index (χ2v) is 7.50. The fourth-order valence-corrected chi connectivity index (χ4v) is 3.37. The topological polar surface area (TPSA) is 104 Å². The van der Waals surface area contributed by atoms with Crippen LogP contribution in [0.3, 0.4) is 0 Å². The molecule has 0 bridgehead atoms. The molecule has 0 spiro atoms. The third-order valence-electron chi connectivity index (χ3n) is 5.12. The maximum atomic E-state index is 12.7. The molecule has 3 aromatic carbocycles. The lowest BCUT2D eigenvalue weighted by molar-refractivity contribution is -0.118. The normalized spacial score (nSPS) is 10.6. The molecule has 0 saturated heterocycles. The van der Waals surface area contributed by atoms with Gasteiger partial charge >= 0.3 is 5.97 Å². The Hall–Kier alpha value is -4.59. The van der Waals surface area contributed by atoms with Crippen LogP contribution in [0, 0.1) is 0 Å². The molecule has 4 rings (SSSR count). The number of ether oxygens (including phenoxy) is 3. The number of carbonyl (C=O) groups excluding carboxylic acids is 2. The van der Waals surface area contributed by atoms with E-state index in [0.29, 0.717) is 39.5 Å². The molecule has 0 aliphatic heterocycles. The van der Waals surface area contributed by atoms with Crippen molar-refractivity contribution >= 4 is 28.5 Å². The van der Waals surface area contributed by atoms with Gasteiger partial charge < -0.3 is 23.9 Å². The molecule has 8 heteroatoms. The highest BCUT2D eigenvalue weighted by molar-refractivity contribution is 5.93. The largest absolute Gasteiger partial charge is 0.497 e. The van der Waals surface area contributed by atoms with Crippen molar-refractivity contribution in [1.29, 1.82) is 0 Å². The van der Waals surface area contributed by atoms with Crippen LogP contribution in [0.1, 0.15) is 17.3 Å². The van der Waals surface area contributed by atoms with Crippen LogP contribution in [0.4, 0.5) is 5.69 Å². The maximum Gasteiger partial charge on any atom is 0.338 e. The van der Waals surface area contributed by atoms with Gasteiger partial charge in [0.05, 0.1) is 24.7 Å². The van der Waals surface area contributed by atoms with Crippen molar-refractivity contribution in [3.05, 3.63) is 88.6 Å². The summed E-state index contributed by atoms with van der Waals surface area (Å²) in [4.78, 5) is 36.7. The first-order valence-corrected chi connectivity index (χ1v) is 10.9. The molecule has 0 saturated carbocycles. The fraction of sp³-hybridized carbons (Fsp3) is 0.148. The summed E-state index contributed by atoms with van der Waals surface area (Å²) in [5, 5.41) is 3.03. The van der Waals surface area contributed by atoms with E-state index in [0.717, 1.165) is 5.56 Å². The standard InChI is InChI=1S/C27H23NO7/c1-3-33-27(31)18-4-8-19(9-5-18)28-26(30)16-34-21-12-13-24-22(14-21)23(29)15-25(35-24)17-6-10-20(32-2)11-7-17/h4-15H,3,16H2,1-2H3,(H,28,30). The van der Waals surface area contributed by atoms with Gasteiger partial charge in [0.1, 0.15) is 22.8 Å². The summed E-state index contributed by atoms with van der Waals surface area (Å²) >= 11 is 0. The first kappa shape index (κ1) is 23.6. The minimum absolute atomic E-state index is 0.228. The molecule has 1 N–H and O–H groups in total. The summed E-state index contributed by atoms with van der Waals surface area (Å²) in [5.41, 5.74) is 1.83. The molecule has 0 radical (unpaired) electrons. The van der Waals surface area contributed by atoms with E-state index >= 15 is 0 Å². The predicted molar refractivity (Wildman–Crippen MR) is 131 cm³/mol. The van der Waals surface area contributed by atoms with Crippen molar-refractivity contribution in [2.24, 2.45) is 0 Å². The summed E-state index contributed by atoms with van der Waals surface area (Å²) in [7, 11) is 1.58. The smallest absolute Gasteiger partial charge is 0.338 e. The Bertz CT molecular complexity index is 1410. The van der Waals surface area contributed by atoms with E-state index in [4.69, 9.17) is 18.6 Å². The van der Waals surface area contributed by atoms with E-state index in [-0.39, 0.29) is 18.6 Å². The number of rotatable bonds is 8. The summed E-state index contributed by atoms with van der Waals surface area (Å²) in [6, 6.07) is 19.8. The SMILES string of the molecule is CCOC(=O)c1ccc(NC(=O)COc2ccc3oc(-c4ccc(OC)cc4)cc(=O)c3c2)cc1. The lowest BCUT2D eigenvalue weighted by Gasteiger charge is -2.09. The summed E-state index contributed by atoms with van der Waals surface area (Å²) < 4.78 is 21.5. The van der Waals surface area contributed by atoms with Crippen LogP contribution in [0.15, 0.2) is 82.0 Å². The number of carbonyl (C=O) groups is 2. The number of esters is 1. The number of nitrogens with one attached hydrogen (secondary N) is 1. The lowest BCUT2D eigenvalue weighted by Crippen LogP contribution is -2.20. The number of benzene rings is 3. The Morgan fingerprint density at radius 2 is 1.63 bits per heavy atom. The van der Waals surface area contributed by atoms with Crippen LogP contribution in [0.2, 0.25) is 0 Å². The van der Waals surface area contributed by atoms with Gasteiger partial charge in [-0.2, -0.15) is 0 Å². The highest BCUT2D eigenvalue weighted by Gasteiger charge is 2.11. The lowest BCUT2D eigenvalue weighted by atomic mass is 10.1. The van der Waals surface area contributed by atoms with E-state index in [1.54, 1.807) is 68.6 Å². The number of hydrogen-bond donors (Lipinski definition) is 1. The maximum absolute atomic E-state index is 12.7. The van der Waals surface area contributed by atoms with Crippen LogP contribution in [-0.2, 0) is 9.53 Å². The van der Waals surface area contributed by atoms with Crippen molar-refractivity contribution < 1.29 is 28.2 Å². The zero-order valence-electron chi connectivity index (χ0n) is 19.2. The van der Waals surface area contributed by atoms with Gasteiger partial charge in [0, 0.05) is 17.3 Å². The van der Waals surface area contributed by atoms with Gasteiger partial charge in [-0.25, -0.2) is 4.79 Å². The quantitative estimate of drug-likeness (QED) is 0.371. The van der Waals surface area contributed by atoms with Crippen molar-refractivity contribution in [2.45, 2.75) is 6.92 Å². The molecular weight excluding hydrogens is 450 g/mol. The summed E-state index contributed by atoms with van der Waals surface area (Å²) in [6.07, 6.45) is 0. The highest BCUT2D eigenvalue weighted by atomic mass is 16.5. The highest BCUT2D eigenvalue weighted by Crippen LogP contribution is 2.26. The molecular formula is C27H23NO7. The number of hydrogen-bond acceptors (Lipinski definition) is 7. The molecule has 1 aromatic heterocycles. The Kier molecular flexibility index (Phi) is 7.11. The molecule has 1 amide bonds. The van der Waals surface area contributed by atoms with E-state index in [2.05, 4.69) is 5.32 Å². The van der Waals surface area contributed by atoms with Gasteiger partial charge in [-0.3, -0.25) is 9.59 Å². The monoisotopic (exact) mass is 473 g/mol. The Morgan fingerprint density at radius 1 is 0.914 bits per heavy atom. The number of anilines is 1. The molecule has 0 atom stereocenters. The van der Waals surface area contributed by atoms with Gasteiger partial charge in [-0.15, -0.1) is 0 Å². The fourth-order valence-electron chi connectivity index (χ4n) is 3.37. The molecule has 1 heterocycles. The van der Waals surface area contributed by atoms with Crippen LogP contribution in [0.25, 0.3) is 22.3 Å². The van der Waals surface area contributed by atoms with Crippen molar-refractivity contribution in [2.75, 3.05) is 25.6 Å². The van der Waals surface area contributed by atoms with Crippen LogP contribution >= 0.6 is 0 Å². The number of methoxy groups -OCH3 is 1. The third kappa shape index (κ3) is 5.67. The van der Waals surface area contributed by atoms with Crippen LogP contribution in [-0.4, -0.2) is 32.2 Å². The molecule has 35 heavy (non-hydrogen) atoms. The van der Waals surface area contributed by atoms with E-state index < -0.39 is 11.9 Å². The zero-order chi connectivity index (χ0) is 24.8. The second kappa shape index (κ2) is 10.6. The molecule has 0 aliphatic carbocycles. The third-order valence-corrected chi connectivity index (χ3v) is 5.12. The molecule has 4 aromatic rings. The number of fused-ring (bicyclic) bond motifs is 1. The van der Waals surface area contributed by atoms with Crippen molar-refractivity contribution in [1.82, 2.24) is 0 Å². The van der Waals surface area contributed by atoms with Gasteiger partial charge in [0.15, 0.2) is 12.0 Å². The molecule has 0 unspecified atom stereocenters.